The minimum absolute atomic E-state index is 0.305. The highest BCUT2D eigenvalue weighted by Crippen LogP contribution is 2.18. The van der Waals surface area contributed by atoms with Gasteiger partial charge in [-0.3, -0.25) is 10.2 Å². The zero-order chi connectivity index (χ0) is 14.7. The van der Waals surface area contributed by atoms with Crippen LogP contribution in [-0.4, -0.2) is 16.4 Å². The summed E-state index contributed by atoms with van der Waals surface area (Å²) in [6.45, 7) is 0. The monoisotopic (exact) mass is 342 g/mol. The number of aromatic nitrogens is 2. The van der Waals surface area contributed by atoms with E-state index in [1.807, 2.05) is 30.3 Å². The lowest BCUT2D eigenvalue weighted by Crippen LogP contribution is -2.10. The first-order chi connectivity index (χ1) is 10.3. The molecule has 1 heterocycles. The third-order valence-corrected chi connectivity index (χ3v) is 3.79. The van der Waals surface area contributed by atoms with Gasteiger partial charge in [0.15, 0.2) is 0 Å². The summed E-state index contributed by atoms with van der Waals surface area (Å²) in [5, 5.41) is 12.5. The molecule has 0 saturated carbocycles. The molecule has 0 aliphatic heterocycles. The maximum atomic E-state index is 11.4. The molecule has 2 aromatic carbocycles. The molecular formula is C15H11BrN4O. The molecule has 0 bridgehead atoms. The van der Waals surface area contributed by atoms with Gasteiger partial charge >= 0.3 is 0 Å². The Hall–Kier alpha value is -2.47. The van der Waals surface area contributed by atoms with Crippen LogP contribution in [-0.2, 0) is 0 Å². The van der Waals surface area contributed by atoms with Gasteiger partial charge in [-0.2, -0.15) is 10.2 Å². The van der Waals surface area contributed by atoms with Gasteiger partial charge < -0.3 is 0 Å². The third kappa shape index (κ3) is 2.85. The predicted molar refractivity (Wildman–Crippen MR) is 87.7 cm³/mol. The zero-order valence-electron chi connectivity index (χ0n) is 10.9. The Balaban J connectivity index is 1.89. The van der Waals surface area contributed by atoms with Crippen molar-refractivity contribution in [2.24, 2.45) is 5.10 Å². The van der Waals surface area contributed by atoms with Gasteiger partial charge in [0.2, 0.25) is 0 Å². The summed E-state index contributed by atoms with van der Waals surface area (Å²) < 4.78 is 0.368. The second-order valence-electron chi connectivity index (χ2n) is 4.37. The average molecular weight is 343 g/mol. The Labute approximate surface area is 128 Å². The number of benzene rings is 2. The van der Waals surface area contributed by atoms with Crippen LogP contribution in [0, 0.1) is 0 Å². The van der Waals surface area contributed by atoms with E-state index in [1.165, 1.54) is 6.20 Å². The van der Waals surface area contributed by atoms with Crippen LogP contribution in [0.15, 0.2) is 63.0 Å². The van der Waals surface area contributed by atoms with E-state index in [0.29, 0.717) is 10.2 Å². The molecule has 3 aromatic rings. The molecule has 6 heteroatoms. The average Bonchev–Trinajstić information content (AvgIpc) is 2.52. The second kappa shape index (κ2) is 5.88. The lowest BCUT2D eigenvalue weighted by atomic mass is 10.1. The fourth-order valence-corrected chi connectivity index (χ4v) is 2.28. The van der Waals surface area contributed by atoms with E-state index in [1.54, 1.807) is 6.21 Å². The fourth-order valence-electron chi connectivity index (χ4n) is 2.00. The standard InChI is InChI=1S/C15H11BrN4O/c16-14-13(9-18-20-15(14)21)19-17-8-11-6-3-5-10-4-1-2-7-12(10)11/h1-9H,(H2,19,20,21). The number of hydrazone groups is 1. The molecule has 0 aliphatic carbocycles. The van der Waals surface area contributed by atoms with Gasteiger partial charge in [-0.1, -0.05) is 42.5 Å². The molecular weight excluding hydrogens is 332 g/mol. The largest absolute Gasteiger partial charge is 0.280 e. The highest BCUT2D eigenvalue weighted by Gasteiger charge is 2.02. The summed E-state index contributed by atoms with van der Waals surface area (Å²) in [5.74, 6) is 0. The molecule has 0 saturated heterocycles. The number of H-pyrrole nitrogens is 1. The molecule has 1 aromatic heterocycles. The molecule has 0 atom stereocenters. The predicted octanol–water partition coefficient (Wildman–Crippen LogP) is 3.13. The van der Waals surface area contributed by atoms with Crippen molar-refractivity contribution in [3.63, 3.8) is 0 Å². The van der Waals surface area contributed by atoms with Crippen molar-refractivity contribution in [3.8, 4) is 0 Å². The minimum Gasteiger partial charge on any atom is -0.275 e. The number of nitrogens with zero attached hydrogens (tertiary/aromatic N) is 2. The van der Waals surface area contributed by atoms with Crippen LogP contribution in [0.4, 0.5) is 5.69 Å². The number of hydrogen-bond acceptors (Lipinski definition) is 4. The van der Waals surface area contributed by atoms with Gasteiger partial charge in [0.1, 0.15) is 4.47 Å². The Bertz CT molecular complexity index is 867. The van der Waals surface area contributed by atoms with E-state index in [-0.39, 0.29) is 5.56 Å². The maximum absolute atomic E-state index is 11.4. The summed E-state index contributed by atoms with van der Waals surface area (Å²) in [6, 6.07) is 14.1. The molecule has 0 unspecified atom stereocenters. The van der Waals surface area contributed by atoms with Crippen molar-refractivity contribution in [3.05, 3.63) is 69.1 Å². The highest BCUT2D eigenvalue weighted by atomic mass is 79.9. The van der Waals surface area contributed by atoms with E-state index >= 15 is 0 Å². The number of fused-ring (bicyclic) bond motifs is 1. The summed E-state index contributed by atoms with van der Waals surface area (Å²) in [4.78, 5) is 11.4. The van der Waals surface area contributed by atoms with Crippen LogP contribution < -0.4 is 11.0 Å². The Morgan fingerprint density at radius 2 is 2.00 bits per heavy atom. The van der Waals surface area contributed by atoms with Gasteiger partial charge in [-0.05, 0) is 26.7 Å². The maximum Gasteiger partial charge on any atom is 0.280 e. The van der Waals surface area contributed by atoms with Crippen molar-refractivity contribution in [1.82, 2.24) is 10.2 Å². The number of hydrogen-bond donors (Lipinski definition) is 2. The molecule has 0 radical (unpaired) electrons. The summed E-state index contributed by atoms with van der Waals surface area (Å²) in [6.07, 6.45) is 3.21. The highest BCUT2D eigenvalue weighted by molar-refractivity contribution is 9.10. The SMILES string of the molecule is O=c1[nH]ncc(NN=Cc2cccc3ccccc23)c1Br. The van der Waals surface area contributed by atoms with Crippen LogP contribution in [0.1, 0.15) is 5.56 Å². The topological polar surface area (TPSA) is 70.1 Å². The number of rotatable bonds is 3. The lowest BCUT2D eigenvalue weighted by molar-refractivity contribution is 0.977. The second-order valence-corrected chi connectivity index (χ2v) is 5.16. The van der Waals surface area contributed by atoms with E-state index in [0.717, 1.165) is 16.3 Å². The van der Waals surface area contributed by atoms with Gasteiger partial charge in [0.05, 0.1) is 18.1 Å². The quantitative estimate of drug-likeness (QED) is 0.567. The van der Waals surface area contributed by atoms with Gasteiger partial charge in [-0.15, -0.1) is 0 Å². The lowest BCUT2D eigenvalue weighted by Gasteiger charge is -2.03. The molecule has 0 amide bonds. The summed E-state index contributed by atoms with van der Waals surface area (Å²) in [7, 11) is 0. The van der Waals surface area contributed by atoms with Crippen LogP contribution in [0.3, 0.4) is 0 Å². The van der Waals surface area contributed by atoms with Crippen LogP contribution in [0.5, 0.6) is 0 Å². The third-order valence-electron chi connectivity index (χ3n) is 3.01. The Morgan fingerprint density at radius 3 is 2.90 bits per heavy atom. The minimum atomic E-state index is -0.305. The van der Waals surface area contributed by atoms with Crippen molar-refractivity contribution in [1.29, 1.82) is 0 Å². The molecule has 0 aliphatic rings. The molecule has 5 nitrogen and oxygen atoms in total. The van der Waals surface area contributed by atoms with E-state index in [2.05, 4.69) is 48.8 Å². The van der Waals surface area contributed by atoms with Gasteiger partial charge in [0.25, 0.3) is 5.56 Å². The van der Waals surface area contributed by atoms with Crippen LogP contribution >= 0.6 is 15.9 Å². The Morgan fingerprint density at radius 1 is 1.19 bits per heavy atom. The molecule has 21 heavy (non-hydrogen) atoms. The molecule has 0 fully saturated rings. The number of nitrogens with one attached hydrogen (secondary N) is 2. The first kappa shape index (κ1) is 13.5. The van der Waals surface area contributed by atoms with Crippen LogP contribution in [0.25, 0.3) is 10.8 Å². The van der Waals surface area contributed by atoms with E-state index in [4.69, 9.17) is 0 Å². The van der Waals surface area contributed by atoms with E-state index < -0.39 is 0 Å². The fraction of sp³-hybridized carbons (Fsp3) is 0. The van der Waals surface area contributed by atoms with E-state index in [9.17, 15) is 4.79 Å². The molecule has 2 N–H and O–H groups in total. The number of aromatic amines is 1. The van der Waals surface area contributed by atoms with Gasteiger partial charge in [-0.25, -0.2) is 5.10 Å². The van der Waals surface area contributed by atoms with Crippen LogP contribution in [0.2, 0.25) is 0 Å². The summed E-state index contributed by atoms with van der Waals surface area (Å²) in [5.41, 5.74) is 4.01. The van der Waals surface area contributed by atoms with Crippen molar-refractivity contribution in [2.45, 2.75) is 0 Å². The first-order valence-corrected chi connectivity index (χ1v) is 7.05. The smallest absolute Gasteiger partial charge is 0.275 e. The van der Waals surface area contributed by atoms with Crippen molar-refractivity contribution in [2.75, 3.05) is 5.43 Å². The van der Waals surface area contributed by atoms with Crippen molar-refractivity contribution >= 4 is 38.6 Å². The first-order valence-electron chi connectivity index (χ1n) is 6.26. The molecule has 3 rings (SSSR count). The normalized spacial score (nSPS) is 11.1. The zero-order valence-corrected chi connectivity index (χ0v) is 12.5. The summed E-state index contributed by atoms with van der Waals surface area (Å²) >= 11 is 3.19. The molecule has 104 valence electrons. The van der Waals surface area contributed by atoms with Crippen molar-refractivity contribution < 1.29 is 0 Å². The molecule has 0 spiro atoms. The Kier molecular flexibility index (Phi) is 3.79. The number of halogens is 1. The number of anilines is 1. The van der Waals surface area contributed by atoms with Gasteiger partial charge in [0, 0.05) is 5.56 Å².